The van der Waals surface area contributed by atoms with Crippen molar-refractivity contribution in [2.75, 3.05) is 7.11 Å². The van der Waals surface area contributed by atoms with E-state index >= 15 is 0 Å². The van der Waals surface area contributed by atoms with Crippen molar-refractivity contribution in [2.24, 2.45) is 5.10 Å². The van der Waals surface area contributed by atoms with Crippen molar-refractivity contribution >= 4 is 18.4 Å². The van der Waals surface area contributed by atoms with Crippen molar-refractivity contribution in [2.45, 2.75) is 0 Å². The number of phenolic OH excluding ortho intramolecular Hbond substituents is 1. The third-order valence-electron chi connectivity index (χ3n) is 3.17. The van der Waals surface area contributed by atoms with Gasteiger partial charge in [0.1, 0.15) is 11.5 Å². The standard InChI is InChI=1S/C16H14N4O2S/c1-22-14-7-3-5-12(9-14)15-18-19-16(23)20(15)17-10-11-4-2-6-13(21)8-11/h2-10,21H,1H3,(H,19,23)/b17-10-. The summed E-state index contributed by atoms with van der Waals surface area (Å²) in [6.07, 6.45) is 1.61. The molecule has 23 heavy (non-hydrogen) atoms. The molecule has 0 bridgehead atoms. The van der Waals surface area contributed by atoms with Gasteiger partial charge in [-0.15, -0.1) is 0 Å². The third kappa shape index (κ3) is 3.29. The lowest BCUT2D eigenvalue weighted by atomic mass is 10.2. The highest BCUT2D eigenvalue weighted by atomic mass is 32.1. The summed E-state index contributed by atoms with van der Waals surface area (Å²) in [7, 11) is 1.61. The summed E-state index contributed by atoms with van der Waals surface area (Å²) in [4.78, 5) is 0. The Morgan fingerprint density at radius 3 is 2.87 bits per heavy atom. The second kappa shape index (κ2) is 6.45. The van der Waals surface area contributed by atoms with Gasteiger partial charge in [0.15, 0.2) is 5.82 Å². The van der Waals surface area contributed by atoms with Crippen LogP contribution >= 0.6 is 12.2 Å². The van der Waals surface area contributed by atoms with Gasteiger partial charge in [0.2, 0.25) is 4.77 Å². The van der Waals surface area contributed by atoms with Crippen LogP contribution in [0.1, 0.15) is 5.56 Å². The van der Waals surface area contributed by atoms with E-state index in [1.807, 2.05) is 30.3 Å². The van der Waals surface area contributed by atoms with E-state index in [2.05, 4.69) is 15.3 Å². The Labute approximate surface area is 137 Å². The van der Waals surface area contributed by atoms with E-state index in [9.17, 15) is 5.11 Å². The average molecular weight is 326 g/mol. The fourth-order valence-electron chi connectivity index (χ4n) is 2.08. The zero-order chi connectivity index (χ0) is 16.2. The molecule has 7 heteroatoms. The van der Waals surface area contributed by atoms with Crippen LogP contribution in [0.5, 0.6) is 11.5 Å². The first kappa shape index (κ1) is 15.0. The number of hydrogen-bond acceptors (Lipinski definition) is 5. The molecule has 3 aromatic rings. The molecule has 1 heterocycles. The van der Waals surface area contributed by atoms with Crippen LogP contribution in [0.3, 0.4) is 0 Å². The molecule has 116 valence electrons. The van der Waals surface area contributed by atoms with Crippen LogP contribution in [-0.2, 0) is 0 Å². The van der Waals surface area contributed by atoms with Crippen molar-refractivity contribution in [3.05, 3.63) is 58.9 Å². The predicted octanol–water partition coefficient (Wildman–Crippen LogP) is 3.20. The molecule has 6 nitrogen and oxygen atoms in total. The number of methoxy groups -OCH3 is 1. The molecule has 3 rings (SSSR count). The van der Waals surface area contributed by atoms with Crippen LogP contribution in [-0.4, -0.2) is 33.3 Å². The second-order valence-electron chi connectivity index (χ2n) is 4.74. The Hall–Kier alpha value is -2.93. The molecule has 2 aromatic carbocycles. The number of hydrogen-bond donors (Lipinski definition) is 2. The minimum atomic E-state index is 0.178. The van der Waals surface area contributed by atoms with Gasteiger partial charge >= 0.3 is 0 Å². The maximum absolute atomic E-state index is 9.49. The Morgan fingerprint density at radius 2 is 2.09 bits per heavy atom. The third-order valence-corrected chi connectivity index (χ3v) is 3.44. The quantitative estimate of drug-likeness (QED) is 0.570. The van der Waals surface area contributed by atoms with Crippen molar-refractivity contribution in [3.63, 3.8) is 0 Å². The number of rotatable bonds is 4. The summed E-state index contributed by atoms with van der Waals surface area (Å²) >= 11 is 5.23. The molecular weight excluding hydrogens is 312 g/mol. The van der Waals surface area contributed by atoms with Gasteiger partial charge in [0.25, 0.3) is 0 Å². The van der Waals surface area contributed by atoms with Crippen molar-refractivity contribution in [1.82, 2.24) is 14.9 Å². The van der Waals surface area contributed by atoms with Gasteiger partial charge in [-0.25, -0.2) is 5.10 Å². The predicted molar refractivity (Wildman–Crippen MR) is 90.5 cm³/mol. The first-order valence-corrected chi connectivity index (χ1v) is 7.23. The first-order chi connectivity index (χ1) is 11.2. The summed E-state index contributed by atoms with van der Waals surface area (Å²) in [5.74, 6) is 1.47. The lowest BCUT2D eigenvalue weighted by Crippen LogP contribution is -1.95. The van der Waals surface area contributed by atoms with Crippen molar-refractivity contribution < 1.29 is 9.84 Å². The van der Waals surface area contributed by atoms with Gasteiger partial charge in [-0.05, 0) is 42.0 Å². The topological polar surface area (TPSA) is 75.4 Å². The van der Waals surface area contributed by atoms with Crippen LogP contribution < -0.4 is 4.74 Å². The Morgan fingerprint density at radius 1 is 1.26 bits per heavy atom. The fraction of sp³-hybridized carbons (Fsp3) is 0.0625. The molecule has 0 radical (unpaired) electrons. The van der Waals surface area contributed by atoms with Crippen LogP contribution in [0.15, 0.2) is 53.6 Å². The van der Waals surface area contributed by atoms with Crippen LogP contribution in [0, 0.1) is 4.77 Å². The minimum Gasteiger partial charge on any atom is -0.508 e. The number of nitrogens with one attached hydrogen (secondary N) is 1. The Balaban J connectivity index is 2.00. The van der Waals surface area contributed by atoms with Crippen molar-refractivity contribution in [1.29, 1.82) is 0 Å². The molecular formula is C16H14N4O2S. The molecule has 0 saturated carbocycles. The summed E-state index contributed by atoms with van der Waals surface area (Å²) in [6.45, 7) is 0. The average Bonchev–Trinajstić information content (AvgIpc) is 2.94. The van der Waals surface area contributed by atoms with E-state index in [1.54, 1.807) is 31.5 Å². The highest BCUT2D eigenvalue weighted by molar-refractivity contribution is 7.71. The molecule has 0 aliphatic rings. The Bertz CT molecular complexity index is 914. The van der Waals surface area contributed by atoms with Gasteiger partial charge in [0.05, 0.1) is 13.3 Å². The Kier molecular flexibility index (Phi) is 4.20. The smallest absolute Gasteiger partial charge is 0.216 e. The lowest BCUT2D eigenvalue weighted by Gasteiger charge is -2.04. The van der Waals surface area contributed by atoms with E-state index in [0.717, 1.165) is 16.9 Å². The summed E-state index contributed by atoms with van der Waals surface area (Å²) in [5, 5.41) is 20.8. The molecule has 0 aliphatic heterocycles. The van der Waals surface area contributed by atoms with Crippen LogP contribution in [0.25, 0.3) is 11.4 Å². The van der Waals surface area contributed by atoms with Crippen molar-refractivity contribution in [3.8, 4) is 22.9 Å². The zero-order valence-corrected chi connectivity index (χ0v) is 13.1. The highest BCUT2D eigenvalue weighted by Gasteiger charge is 2.08. The van der Waals surface area contributed by atoms with E-state index in [1.165, 1.54) is 4.68 Å². The number of phenols is 1. The molecule has 0 amide bonds. The van der Waals surface area contributed by atoms with Crippen LogP contribution in [0.2, 0.25) is 0 Å². The molecule has 0 saturated heterocycles. The highest BCUT2D eigenvalue weighted by Crippen LogP contribution is 2.22. The summed E-state index contributed by atoms with van der Waals surface area (Å²) < 4.78 is 7.12. The SMILES string of the molecule is COc1cccc(-c2n[nH]c(=S)n2/N=C\c2cccc(O)c2)c1. The van der Waals surface area contributed by atoms with E-state index < -0.39 is 0 Å². The maximum atomic E-state index is 9.49. The van der Waals surface area contributed by atoms with Gasteiger partial charge in [-0.3, -0.25) is 0 Å². The largest absolute Gasteiger partial charge is 0.508 e. The number of H-pyrrole nitrogens is 1. The van der Waals surface area contributed by atoms with Gasteiger partial charge in [0, 0.05) is 5.56 Å². The summed E-state index contributed by atoms with van der Waals surface area (Å²) in [5.41, 5.74) is 1.58. The molecule has 0 atom stereocenters. The van der Waals surface area contributed by atoms with Gasteiger partial charge in [-0.2, -0.15) is 14.9 Å². The molecule has 0 unspecified atom stereocenters. The molecule has 0 fully saturated rings. The molecule has 0 aliphatic carbocycles. The number of aromatic nitrogens is 3. The van der Waals surface area contributed by atoms with Gasteiger partial charge < -0.3 is 9.84 Å². The van der Waals surface area contributed by atoms with Crippen LogP contribution in [0.4, 0.5) is 0 Å². The number of nitrogens with zero attached hydrogens (tertiary/aromatic N) is 3. The minimum absolute atomic E-state index is 0.178. The van der Waals surface area contributed by atoms with E-state index in [4.69, 9.17) is 17.0 Å². The van der Waals surface area contributed by atoms with E-state index in [0.29, 0.717) is 10.6 Å². The molecule has 0 spiro atoms. The van der Waals surface area contributed by atoms with E-state index in [-0.39, 0.29) is 5.75 Å². The molecule has 2 N–H and O–H groups in total. The number of aromatic hydroxyl groups is 1. The lowest BCUT2D eigenvalue weighted by molar-refractivity contribution is 0.415. The summed E-state index contributed by atoms with van der Waals surface area (Å²) in [6, 6.07) is 14.3. The zero-order valence-electron chi connectivity index (χ0n) is 12.3. The number of aromatic amines is 1. The monoisotopic (exact) mass is 326 g/mol. The number of ether oxygens (including phenoxy) is 1. The number of benzene rings is 2. The second-order valence-corrected chi connectivity index (χ2v) is 5.12. The fourth-order valence-corrected chi connectivity index (χ4v) is 2.26. The maximum Gasteiger partial charge on any atom is 0.216 e. The van der Waals surface area contributed by atoms with Gasteiger partial charge in [-0.1, -0.05) is 24.3 Å². The first-order valence-electron chi connectivity index (χ1n) is 6.82. The molecule has 1 aromatic heterocycles. The normalized spacial score (nSPS) is 11.0.